The van der Waals surface area contributed by atoms with Crippen molar-refractivity contribution in [3.05, 3.63) is 0 Å². The lowest BCUT2D eigenvalue weighted by molar-refractivity contribution is -0.137. The second kappa shape index (κ2) is 7.78. The van der Waals surface area contributed by atoms with Gasteiger partial charge in [0, 0.05) is 33.2 Å². The van der Waals surface area contributed by atoms with Crippen LogP contribution in [0.5, 0.6) is 0 Å². The fraction of sp³-hybridized carbons (Fsp3) is 0.933. The minimum atomic E-state index is 0.351. The van der Waals surface area contributed by atoms with E-state index in [-0.39, 0.29) is 0 Å². The van der Waals surface area contributed by atoms with E-state index in [1.807, 2.05) is 4.90 Å². The summed E-state index contributed by atoms with van der Waals surface area (Å²) in [6.07, 6.45) is 4.08. The molecule has 0 aromatic heterocycles. The van der Waals surface area contributed by atoms with Crippen molar-refractivity contribution in [2.24, 2.45) is 17.8 Å². The number of likely N-dealkylation sites (tertiary alicyclic amines) is 1. The van der Waals surface area contributed by atoms with E-state index in [0.29, 0.717) is 23.7 Å². The number of amides is 1. The number of rotatable bonds is 8. The molecule has 1 rings (SSSR count). The Labute approximate surface area is 112 Å². The Balaban J connectivity index is 2.08. The smallest absolute Gasteiger partial charge is 0.222 e. The minimum Gasteiger partial charge on any atom is -0.385 e. The van der Waals surface area contributed by atoms with Crippen molar-refractivity contribution < 1.29 is 9.53 Å². The van der Waals surface area contributed by atoms with Gasteiger partial charge in [-0.05, 0) is 37.0 Å². The molecule has 1 aliphatic heterocycles. The van der Waals surface area contributed by atoms with E-state index in [4.69, 9.17) is 4.74 Å². The van der Waals surface area contributed by atoms with Crippen LogP contribution < -0.4 is 0 Å². The van der Waals surface area contributed by atoms with E-state index >= 15 is 0 Å². The number of nitrogens with zero attached hydrogens (tertiary/aromatic N) is 1. The fourth-order valence-corrected chi connectivity index (χ4v) is 2.67. The summed E-state index contributed by atoms with van der Waals surface area (Å²) in [7, 11) is 1.75. The van der Waals surface area contributed by atoms with Gasteiger partial charge in [-0.1, -0.05) is 20.8 Å². The average molecular weight is 255 g/mol. The standard InChI is InChI=1S/C15H29NO2/c1-12(9-13(2)7-8-18-4)5-6-15(17)16-10-14(3)11-16/h12-14H,5-11H2,1-4H3. The maximum atomic E-state index is 11.8. The third-order valence-electron chi connectivity index (χ3n) is 3.89. The molecule has 0 saturated carbocycles. The highest BCUT2D eigenvalue weighted by molar-refractivity contribution is 5.76. The highest BCUT2D eigenvalue weighted by atomic mass is 16.5. The Morgan fingerprint density at radius 3 is 2.44 bits per heavy atom. The number of ether oxygens (including phenoxy) is 1. The van der Waals surface area contributed by atoms with Crippen LogP contribution in [-0.4, -0.2) is 37.6 Å². The third kappa shape index (κ3) is 5.38. The van der Waals surface area contributed by atoms with Crippen LogP contribution in [0.1, 0.15) is 46.5 Å². The molecule has 3 nitrogen and oxygen atoms in total. The summed E-state index contributed by atoms with van der Waals surface area (Å²) in [5, 5.41) is 0. The molecule has 0 N–H and O–H groups in total. The molecule has 0 bridgehead atoms. The molecule has 18 heavy (non-hydrogen) atoms. The zero-order valence-electron chi connectivity index (χ0n) is 12.4. The Morgan fingerprint density at radius 1 is 1.28 bits per heavy atom. The zero-order valence-corrected chi connectivity index (χ0v) is 12.4. The number of carbonyl (C=O) groups is 1. The van der Waals surface area contributed by atoms with E-state index in [1.165, 1.54) is 6.42 Å². The van der Waals surface area contributed by atoms with Crippen LogP contribution in [0.2, 0.25) is 0 Å². The number of hydrogen-bond acceptors (Lipinski definition) is 2. The molecule has 1 heterocycles. The lowest BCUT2D eigenvalue weighted by Gasteiger charge is -2.37. The summed E-state index contributed by atoms with van der Waals surface area (Å²) >= 11 is 0. The van der Waals surface area contributed by atoms with Gasteiger partial charge < -0.3 is 9.64 Å². The van der Waals surface area contributed by atoms with E-state index in [0.717, 1.165) is 39.0 Å². The molecule has 0 aromatic rings. The lowest BCUT2D eigenvalue weighted by Crippen LogP contribution is -2.48. The quantitative estimate of drug-likeness (QED) is 0.667. The molecule has 0 radical (unpaired) electrons. The Morgan fingerprint density at radius 2 is 1.89 bits per heavy atom. The second-order valence-corrected chi connectivity index (χ2v) is 6.17. The number of hydrogen-bond donors (Lipinski definition) is 0. The highest BCUT2D eigenvalue weighted by Crippen LogP contribution is 2.21. The van der Waals surface area contributed by atoms with Crippen molar-refractivity contribution in [3.8, 4) is 0 Å². The maximum absolute atomic E-state index is 11.8. The monoisotopic (exact) mass is 255 g/mol. The first kappa shape index (κ1) is 15.5. The molecular formula is C15H29NO2. The van der Waals surface area contributed by atoms with Crippen molar-refractivity contribution in [3.63, 3.8) is 0 Å². The van der Waals surface area contributed by atoms with Gasteiger partial charge >= 0.3 is 0 Å². The van der Waals surface area contributed by atoms with Crippen LogP contribution in [0.25, 0.3) is 0 Å². The van der Waals surface area contributed by atoms with E-state index in [9.17, 15) is 4.79 Å². The van der Waals surface area contributed by atoms with Gasteiger partial charge in [0.2, 0.25) is 5.91 Å². The summed E-state index contributed by atoms with van der Waals surface area (Å²) in [4.78, 5) is 13.8. The van der Waals surface area contributed by atoms with Gasteiger partial charge in [0.25, 0.3) is 0 Å². The summed E-state index contributed by atoms with van der Waals surface area (Å²) in [6.45, 7) is 9.51. The van der Waals surface area contributed by atoms with Gasteiger partial charge in [-0.25, -0.2) is 0 Å². The van der Waals surface area contributed by atoms with Gasteiger partial charge in [0.05, 0.1) is 0 Å². The molecule has 0 aromatic carbocycles. The topological polar surface area (TPSA) is 29.5 Å². The molecule has 3 heteroatoms. The van der Waals surface area contributed by atoms with Gasteiger partial charge in [-0.3, -0.25) is 4.79 Å². The Bertz CT molecular complexity index is 249. The van der Waals surface area contributed by atoms with Gasteiger partial charge in [-0.2, -0.15) is 0 Å². The Hall–Kier alpha value is -0.570. The molecule has 2 unspecified atom stereocenters. The van der Waals surface area contributed by atoms with Crippen molar-refractivity contribution >= 4 is 5.91 Å². The number of carbonyl (C=O) groups excluding carboxylic acids is 1. The van der Waals surface area contributed by atoms with Crippen LogP contribution in [0.4, 0.5) is 0 Å². The van der Waals surface area contributed by atoms with Crippen molar-refractivity contribution in [1.82, 2.24) is 4.90 Å². The SMILES string of the molecule is COCCC(C)CC(C)CCC(=O)N1CC(C)C1. The molecule has 106 valence electrons. The number of methoxy groups -OCH3 is 1. The molecule has 0 spiro atoms. The predicted molar refractivity (Wildman–Crippen MR) is 74.4 cm³/mol. The summed E-state index contributed by atoms with van der Waals surface area (Å²) in [5.41, 5.74) is 0. The molecule has 0 aliphatic carbocycles. The first-order valence-corrected chi connectivity index (χ1v) is 7.29. The van der Waals surface area contributed by atoms with Crippen molar-refractivity contribution in [1.29, 1.82) is 0 Å². The van der Waals surface area contributed by atoms with E-state index in [2.05, 4.69) is 20.8 Å². The first-order chi connectivity index (χ1) is 8.52. The largest absolute Gasteiger partial charge is 0.385 e. The molecule has 2 atom stereocenters. The van der Waals surface area contributed by atoms with Gasteiger partial charge in [0.15, 0.2) is 0 Å². The first-order valence-electron chi connectivity index (χ1n) is 7.29. The fourth-order valence-electron chi connectivity index (χ4n) is 2.67. The minimum absolute atomic E-state index is 0.351. The highest BCUT2D eigenvalue weighted by Gasteiger charge is 2.26. The average Bonchev–Trinajstić information content (AvgIpc) is 2.29. The van der Waals surface area contributed by atoms with Crippen molar-refractivity contribution in [2.45, 2.75) is 46.5 Å². The molecular weight excluding hydrogens is 226 g/mol. The van der Waals surface area contributed by atoms with Gasteiger partial charge in [0.1, 0.15) is 0 Å². The van der Waals surface area contributed by atoms with Gasteiger partial charge in [-0.15, -0.1) is 0 Å². The Kier molecular flexibility index (Phi) is 6.69. The van der Waals surface area contributed by atoms with E-state index in [1.54, 1.807) is 7.11 Å². The van der Waals surface area contributed by atoms with Crippen molar-refractivity contribution in [2.75, 3.05) is 26.8 Å². The zero-order chi connectivity index (χ0) is 13.5. The summed E-state index contributed by atoms with van der Waals surface area (Å²) < 4.78 is 5.10. The molecule has 1 amide bonds. The molecule has 1 aliphatic rings. The predicted octanol–water partition coefficient (Wildman–Crippen LogP) is 2.94. The normalized spacial score (nSPS) is 19.4. The van der Waals surface area contributed by atoms with Crippen LogP contribution in [0.3, 0.4) is 0 Å². The van der Waals surface area contributed by atoms with Crippen LogP contribution in [0, 0.1) is 17.8 Å². The third-order valence-corrected chi connectivity index (χ3v) is 3.89. The second-order valence-electron chi connectivity index (χ2n) is 6.17. The van der Waals surface area contributed by atoms with E-state index < -0.39 is 0 Å². The summed E-state index contributed by atoms with van der Waals surface area (Å²) in [5.74, 6) is 2.39. The maximum Gasteiger partial charge on any atom is 0.222 e. The summed E-state index contributed by atoms with van der Waals surface area (Å²) in [6, 6.07) is 0. The van der Waals surface area contributed by atoms with Crippen LogP contribution in [-0.2, 0) is 9.53 Å². The molecule has 1 fully saturated rings. The van der Waals surface area contributed by atoms with Crippen LogP contribution >= 0.6 is 0 Å². The lowest BCUT2D eigenvalue weighted by atomic mass is 9.91. The van der Waals surface area contributed by atoms with Crippen LogP contribution in [0.15, 0.2) is 0 Å². The molecule has 1 saturated heterocycles.